The number of carbonyl (C=O) groups is 1. The van der Waals surface area contributed by atoms with E-state index in [4.69, 9.17) is 5.73 Å². The first-order chi connectivity index (χ1) is 9.95. The van der Waals surface area contributed by atoms with Crippen LogP contribution in [0, 0.1) is 13.8 Å². The largest absolute Gasteiger partial charge is 0.368 e. The maximum Gasteiger partial charge on any atom is 0.237 e. The van der Waals surface area contributed by atoms with Crippen LogP contribution in [0.1, 0.15) is 18.1 Å². The van der Waals surface area contributed by atoms with Crippen LogP contribution in [0.5, 0.6) is 0 Å². The fourth-order valence-electron chi connectivity index (χ4n) is 1.62. The highest BCUT2D eigenvalue weighted by Crippen LogP contribution is 2.21. The highest BCUT2D eigenvalue weighted by Gasteiger charge is 2.16. The van der Waals surface area contributed by atoms with E-state index in [1.807, 2.05) is 32.0 Å². The van der Waals surface area contributed by atoms with Crippen molar-refractivity contribution >= 4 is 29.3 Å². The smallest absolute Gasteiger partial charge is 0.237 e. The van der Waals surface area contributed by atoms with Crippen molar-refractivity contribution in [3.05, 3.63) is 35.7 Å². The Hall–Kier alpha value is -2.15. The van der Waals surface area contributed by atoms with Gasteiger partial charge in [-0.1, -0.05) is 17.8 Å². The summed E-state index contributed by atoms with van der Waals surface area (Å²) in [5.41, 5.74) is 8.60. The van der Waals surface area contributed by atoms with Gasteiger partial charge in [-0.25, -0.2) is 9.97 Å². The van der Waals surface area contributed by atoms with Gasteiger partial charge in [-0.05, 0) is 44.0 Å². The van der Waals surface area contributed by atoms with E-state index in [2.05, 4.69) is 20.3 Å². The van der Waals surface area contributed by atoms with E-state index in [0.29, 0.717) is 5.16 Å². The van der Waals surface area contributed by atoms with E-state index in [-0.39, 0.29) is 17.1 Å². The molecule has 0 spiro atoms. The Kier molecular flexibility index (Phi) is 4.74. The van der Waals surface area contributed by atoms with Gasteiger partial charge in [0.05, 0.1) is 5.25 Å². The van der Waals surface area contributed by atoms with Crippen molar-refractivity contribution in [2.24, 2.45) is 0 Å². The summed E-state index contributed by atoms with van der Waals surface area (Å²) in [6, 6.07) is 5.82. The van der Waals surface area contributed by atoms with Gasteiger partial charge in [-0.3, -0.25) is 4.79 Å². The van der Waals surface area contributed by atoms with Gasteiger partial charge in [0.15, 0.2) is 5.16 Å². The Balaban J connectivity index is 2.00. The molecule has 110 valence electrons. The number of nitrogen functional groups attached to an aromatic ring is 1. The molecule has 0 saturated carbocycles. The number of anilines is 2. The number of nitrogens with zero attached hydrogens (tertiary/aromatic N) is 3. The van der Waals surface area contributed by atoms with E-state index in [9.17, 15) is 4.79 Å². The molecule has 0 aliphatic heterocycles. The molecule has 1 amide bonds. The Labute approximate surface area is 127 Å². The van der Waals surface area contributed by atoms with Gasteiger partial charge >= 0.3 is 0 Å². The normalized spacial score (nSPS) is 12.0. The fraction of sp³-hybridized carbons (Fsp3) is 0.286. The summed E-state index contributed by atoms with van der Waals surface area (Å²) in [7, 11) is 0. The minimum Gasteiger partial charge on any atom is -0.368 e. The summed E-state index contributed by atoms with van der Waals surface area (Å²) < 4.78 is 0. The quantitative estimate of drug-likeness (QED) is 0.841. The maximum atomic E-state index is 12.2. The zero-order chi connectivity index (χ0) is 15.4. The third-order valence-electron chi connectivity index (χ3n) is 2.99. The summed E-state index contributed by atoms with van der Waals surface area (Å²) >= 11 is 1.24. The Morgan fingerprint density at radius 2 is 2.05 bits per heavy atom. The standard InChI is InChI=1S/C14H17N5OS/c1-8-4-5-11(6-9(8)2)18-12(20)10(3)21-14-17-7-16-13(15)19-14/h4-7,10H,1-3H3,(H,18,20)(H2,15,16,17,19). The second-order valence-corrected chi connectivity index (χ2v) is 5.98. The Bertz CT molecular complexity index is 662. The van der Waals surface area contributed by atoms with Crippen LogP contribution in [0.4, 0.5) is 11.6 Å². The highest BCUT2D eigenvalue weighted by atomic mass is 32.2. The summed E-state index contributed by atoms with van der Waals surface area (Å²) in [4.78, 5) is 23.8. The first-order valence-electron chi connectivity index (χ1n) is 6.45. The number of benzene rings is 1. The van der Waals surface area contributed by atoms with Crippen LogP contribution in [-0.2, 0) is 4.79 Å². The van der Waals surface area contributed by atoms with Crippen LogP contribution in [-0.4, -0.2) is 26.1 Å². The number of carbonyl (C=O) groups excluding carboxylic acids is 1. The van der Waals surface area contributed by atoms with E-state index in [0.717, 1.165) is 11.3 Å². The molecule has 0 aliphatic rings. The Morgan fingerprint density at radius 1 is 1.29 bits per heavy atom. The molecule has 0 bridgehead atoms. The lowest BCUT2D eigenvalue weighted by Crippen LogP contribution is -2.22. The number of rotatable bonds is 4. The molecule has 2 rings (SSSR count). The molecule has 1 atom stereocenters. The first-order valence-corrected chi connectivity index (χ1v) is 7.33. The van der Waals surface area contributed by atoms with Crippen LogP contribution in [0.15, 0.2) is 29.7 Å². The maximum absolute atomic E-state index is 12.2. The summed E-state index contributed by atoms with van der Waals surface area (Å²) in [6.07, 6.45) is 1.33. The molecule has 3 N–H and O–H groups in total. The van der Waals surface area contributed by atoms with Crippen LogP contribution >= 0.6 is 11.8 Å². The topological polar surface area (TPSA) is 93.8 Å². The van der Waals surface area contributed by atoms with E-state index in [1.165, 1.54) is 23.7 Å². The minimum atomic E-state index is -0.339. The van der Waals surface area contributed by atoms with Crippen LogP contribution in [0.3, 0.4) is 0 Å². The minimum absolute atomic E-state index is 0.109. The van der Waals surface area contributed by atoms with E-state index in [1.54, 1.807) is 6.92 Å². The highest BCUT2D eigenvalue weighted by molar-refractivity contribution is 8.00. The molecule has 0 aliphatic carbocycles. The number of aryl methyl sites for hydroxylation is 2. The molecule has 7 heteroatoms. The van der Waals surface area contributed by atoms with Gasteiger partial charge in [0.2, 0.25) is 11.9 Å². The number of nitrogens with two attached hydrogens (primary N) is 1. The van der Waals surface area contributed by atoms with Crippen LogP contribution < -0.4 is 11.1 Å². The van der Waals surface area contributed by atoms with Crippen LogP contribution in [0.2, 0.25) is 0 Å². The van der Waals surface area contributed by atoms with Crippen molar-refractivity contribution in [1.82, 2.24) is 15.0 Å². The fourth-order valence-corrected chi connectivity index (χ4v) is 2.36. The van der Waals surface area contributed by atoms with Gasteiger partial charge in [0.25, 0.3) is 0 Å². The molecule has 1 aromatic carbocycles. The lowest BCUT2D eigenvalue weighted by molar-refractivity contribution is -0.115. The first kappa shape index (κ1) is 15.2. The van der Waals surface area contributed by atoms with Crippen molar-refractivity contribution in [2.75, 3.05) is 11.1 Å². The van der Waals surface area contributed by atoms with Crippen molar-refractivity contribution in [3.63, 3.8) is 0 Å². The molecular weight excluding hydrogens is 286 g/mol. The van der Waals surface area contributed by atoms with Gasteiger partial charge in [-0.2, -0.15) is 4.98 Å². The molecule has 0 saturated heterocycles. The van der Waals surface area contributed by atoms with E-state index < -0.39 is 0 Å². The molecule has 2 aromatic rings. The summed E-state index contributed by atoms with van der Waals surface area (Å²) in [5, 5.41) is 2.98. The molecule has 1 unspecified atom stereocenters. The third kappa shape index (κ3) is 4.16. The zero-order valence-corrected chi connectivity index (χ0v) is 12.9. The number of nitrogens with one attached hydrogen (secondary N) is 1. The monoisotopic (exact) mass is 303 g/mol. The summed E-state index contributed by atoms with van der Waals surface area (Å²) in [5.74, 6) is 0.0384. The molecule has 1 heterocycles. The molecule has 6 nitrogen and oxygen atoms in total. The number of amides is 1. The molecule has 21 heavy (non-hydrogen) atoms. The number of aromatic nitrogens is 3. The zero-order valence-electron chi connectivity index (χ0n) is 12.1. The van der Waals surface area contributed by atoms with Crippen molar-refractivity contribution in [3.8, 4) is 0 Å². The molecule has 1 aromatic heterocycles. The number of hydrogen-bond donors (Lipinski definition) is 2. The Morgan fingerprint density at radius 3 is 2.71 bits per heavy atom. The lowest BCUT2D eigenvalue weighted by Gasteiger charge is -2.12. The van der Waals surface area contributed by atoms with Crippen LogP contribution in [0.25, 0.3) is 0 Å². The van der Waals surface area contributed by atoms with Gasteiger partial charge in [0.1, 0.15) is 6.33 Å². The van der Waals surface area contributed by atoms with Gasteiger partial charge < -0.3 is 11.1 Å². The van der Waals surface area contributed by atoms with Crippen molar-refractivity contribution in [2.45, 2.75) is 31.2 Å². The molecular formula is C14H17N5OS. The second kappa shape index (κ2) is 6.53. The number of thioether (sulfide) groups is 1. The second-order valence-electron chi connectivity index (χ2n) is 4.67. The average Bonchev–Trinajstić information content (AvgIpc) is 2.43. The molecule has 0 fully saturated rings. The van der Waals surface area contributed by atoms with Gasteiger partial charge in [0, 0.05) is 5.69 Å². The predicted octanol–water partition coefficient (Wildman–Crippen LogP) is 2.19. The average molecular weight is 303 g/mol. The third-order valence-corrected chi connectivity index (χ3v) is 3.97. The predicted molar refractivity (Wildman–Crippen MR) is 84.1 cm³/mol. The lowest BCUT2D eigenvalue weighted by atomic mass is 10.1. The number of hydrogen-bond acceptors (Lipinski definition) is 6. The molecule has 0 radical (unpaired) electrons. The van der Waals surface area contributed by atoms with E-state index >= 15 is 0 Å². The van der Waals surface area contributed by atoms with Crippen molar-refractivity contribution in [1.29, 1.82) is 0 Å². The van der Waals surface area contributed by atoms with Gasteiger partial charge in [-0.15, -0.1) is 0 Å². The SMILES string of the molecule is Cc1ccc(NC(=O)C(C)Sc2ncnc(N)n2)cc1C. The summed E-state index contributed by atoms with van der Waals surface area (Å²) in [6.45, 7) is 5.84. The van der Waals surface area contributed by atoms with Crippen molar-refractivity contribution < 1.29 is 4.79 Å².